The van der Waals surface area contributed by atoms with Crippen LogP contribution in [0.4, 0.5) is 0 Å². The molecule has 4 heteroatoms. The molecule has 1 heterocycles. The summed E-state index contributed by atoms with van der Waals surface area (Å²) in [6.07, 6.45) is 13.9. The highest BCUT2D eigenvalue weighted by atomic mass is 127. The van der Waals surface area contributed by atoms with E-state index in [0.717, 1.165) is 12.8 Å². The van der Waals surface area contributed by atoms with Crippen molar-refractivity contribution in [2.45, 2.75) is 26.2 Å². The molecule has 1 aromatic heterocycles. The van der Waals surface area contributed by atoms with Gasteiger partial charge in [0.05, 0.1) is 6.61 Å². The topological polar surface area (TPSA) is 31.4 Å². The molecule has 0 unspecified atom stereocenters. The van der Waals surface area contributed by atoms with Crippen LogP contribution in [0.25, 0.3) is 0 Å². The molecule has 3 nitrogen and oxygen atoms in total. The Hall–Kier alpha value is -1.14. The summed E-state index contributed by atoms with van der Waals surface area (Å²) in [6.45, 7) is 3.29. The smallest absolute Gasteiger partial charge is 0.213 e. The number of allylic oxidation sites excluding steroid dienone is 6. The number of rotatable bonds is 7. The summed E-state index contributed by atoms with van der Waals surface area (Å²) < 4.78 is 10.5. The first-order valence-electron chi connectivity index (χ1n) is 7.38. The highest BCUT2D eigenvalue weighted by Gasteiger charge is 1.99. The average Bonchev–Trinajstić information content (AvgIpc) is 2.48. The van der Waals surface area contributed by atoms with Crippen LogP contribution in [0.15, 0.2) is 53.8 Å². The fraction of sp³-hybridized carbons (Fsp3) is 0.389. The Morgan fingerprint density at radius 3 is 2.95 bits per heavy atom. The van der Waals surface area contributed by atoms with Gasteiger partial charge < -0.3 is 9.47 Å². The van der Waals surface area contributed by atoms with E-state index in [2.05, 4.69) is 36.2 Å². The quantitative estimate of drug-likeness (QED) is 0.488. The Balaban J connectivity index is 0.00000242. The van der Waals surface area contributed by atoms with Gasteiger partial charge in [-0.2, -0.15) is 0 Å². The molecule has 0 saturated heterocycles. The molecule has 0 saturated carbocycles. The number of aromatic nitrogens is 1. The fourth-order valence-corrected chi connectivity index (χ4v) is 2.22. The van der Waals surface area contributed by atoms with Crippen LogP contribution in [0.1, 0.15) is 25.3 Å². The molecule has 0 N–H and O–H groups in total. The molecule has 0 bridgehead atoms. The Labute approximate surface area is 150 Å². The maximum absolute atomic E-state index is 5.52. The molecule has 1 aliphatic carbocycles. The highest BCUT2D eigenvalue weighted by molar-refractivity contribution is 14.0. The Morgan fingerprint density at radius 2 is 2.18 bits per heavy atom. The molecule has 0 fully saturated rings. The van der Waals surface area contributed by atoms with Crippen LogP contribution in [0.2, 0.25) is 0 Å². The molecule has 2 rings (SSSR count). The van der Waals surface area contributed by atoms with Crippen molar-refractivity contribution in [3.05, 3.63) is 59.3 Å². The van der Waals surface area contributed by atoms with Gasteiger partial charge in [0.25, 0.3) is 0 Å². The van der Waals surface area contributed by atoms with Crippen LogP contribution in [0.5, 0.6) is 5.88 Å². The van der Waals surface area contributed by atoms with E-state index in [4.69, 9.17) is 9.47 Å². The van der Waals surface area contributed by atoms with E-state index in [1.165, 1.54) is 23.1 Å². The van der Waals surface area contributed by atoms with Crippen molar-refractivity contribution < 1.29 is 9.47 Å². The minimum absolute atomic E-state index is 0. The van der Waals surface area contributed by atoms with Gasteiger partial charge in [-0.15, -0.1) is 24.0 Å². The summed E-state index contributed by atoms with van der Waals surface area (Å²) in [7, 11) is 1.66. The summed E-state index contributed by atoms with van der Waals surface area (Å²) in [6, 6.07) is 4.00. The van der Waals surface area contributed by atoms with Gasteiger partial charge in [-0.1, -0.05) is 29.9 Å². The van der Waals surface area contributed by atoms with Crippen LogP contribution in [-0.2, 0) is 11.2 Å². The van der Waals surface area contributed by atoms with E-state index in [0.29, 0.717) is 19.1 Å². The standard InChI is InChI=1S/C18H23NO2.HI/c1-15-5-3-6-16(13-15)7-4-8-17-9-10-19-18(14-17)21-12-11-20-2;/h4,6-7,9-10,13-14H,3,5,8,11-12H2,1-2H3;1H/b7-4-;. The normalized spacial score (nSPS) is 14.3. The Bertz CT molecular complexity index is 550. The van der Waals surface area contributed by atoms with E-state index in [9.17, 15) is 0 Å². The Morgan fingerprint density at radius 1 is 1.32 bits per heavy atom. The number of hydrogen-bond donors (Lipinski definition) is 0. The second-order valence-electron chi connectivity index (χ2n) is 5.18. The minimum Gasteiger partial charge on any atom is -0.475 e. The lowest BCUT2D eigenvalue weighted by Crippen LogP contribution is -2.05. The molecule has 1 aliphatic rings. The summed E-state index contributed by atoms with van der Waals surface area (Å²) in [5.41, 5.74) is 3.96. The summed E-state index contributed by atoms with van der Waals surface area (Å²) in [4.78, 5) is 4.20. The van der Waals surface area contributed by atoms with Gasteiger partial charge in [-0.25, -0.2) is 4.98 Å². The fourth-order valence-electron chi connectivity index (χ4n) is 2.22. The number of hydrogen-bond acceptors (Lipinski definition) is 3. The molecular weight excluding hydrogens is 389 g/mol. The van der Waals surface area contributed by atoms with Gasteiger partial charge >= 0.3 is 0 Å². The molecule has 0 amide bonds. The van der Waals surface area contributed by atoms with Crippen molar-refractivity contribution >= 4 is 24.0 Å². The first-order chi connectivity index (χ1) is 10.3. The maximum atomic E-state index is 5.52. The van der Waals surface area contributed by atoms with Gasteiger partial charge in [0.15, 0.2) is 0 Å². The van der Waals surface area contributed by atoms with Crippen molar-refractivity contribution in [2.24, 2.45) is 0 Å². The molecule has 1 aromatic rings. The average molecular weight is 413 g/mol. The van der Waals surface area contributed by atoms with Crippen LogP contribution >= 0.6 is 24.0 Å². The zero-order valence-electron chi connectivity index (χ0n) is 13.2. The number of pyridine rings is 1. The second kappa shape index (κ2) is 10.6. The van der Waals surface area contributed by atoms with Crippen molar-refractivity contribution in [1.82, 2.24) is 4.98 Å². The van der Waals surface area contributed by atoms with Crippen molar-refractivity contribution in [3.8, 4) is 5.88 Å². The molecule has 120 valence electrons. The monoisotopic (exact) mass is 413 g/mol. The van der Waals surface area contributed by atoms with Crippen LogP contribution in [0, 0.1) is 0 Å². The summed E-state index contributed by atoms with van der Waals surface area (Å²) in [5.74, 6) is 0.658. The number of nitrogens with zero attached hydrogens (tertiary/aromatic N) is 1. The van der Waals surface area contributed by atoms with Crippen LogP contribution in [0.3, 0.4) is 0 Å². The van der Waals surface area contributed by atoms with E-state index in [1.54, 1.807) is 13.3 Å². The van der Waals surface area contributed by atoms with Gasteiger partial charge in [0.1, 0.15) is 6.61 Å². The third-order valence-corrected chi connectivity index (χ3v) is 3.33. The van der Waals surface area contributed by atoms with E-state index in [1.807, 2.05) is 12.1 Å². The summed E-state index contributed by atoms with van der Waals surface area (Å²) >= 11 is 0. The van der Waals surface area contributed by atoms with Crippen LogP contribution < -0.4 is 4.74 Å². The number of ether oxygens (including phenoxy) is 2. The molecular formula is C18H24INO2. The third kappa shape index (κ3) is 6.75. The molecule has 0 radical (unpaired) electrons. The number of methoxy groups -OCH3 is 1. The first kappa shape index (κ1) is 18.9. The molecule has 0 atom stereocenters. The van der Waals surface area contributed by atoms with Gasteiger partial charge in [0.2, 0.25) is 5.88 Å². The molecule has 0 aromatic carbocycles. The zero-order valence-corrected chi connectivity index (χ0v) is 15.6. The van der Waals surface area contributed by atoms with Crippen molar-refractivity contribution in [2.75, 3.05) is 20.3 Å². The third-order valence-electron chi connectivity index (χ3n) is 3.33. The van der Waals surface area contributed by atoms with Gasteiger partial charge in [-0.3, -0.25) is 0 Å². The molecule has 22 heavy (non-hydrogen) atoms. The van der Waals surface area contributed by atoms with E-state index < -0.39 is 0 Å². The molecule has 0 spiro atoms. The van der Waals surface area contributed by atoms with Gasteiger partial charge in [-0.05, 0) is 43.4 Å². The predicted molar refractivity (Wildman–Crippen MR) is 101 cm³/mol. The lowest BCUT2D eigenvalue weighted by atomic mass is 10.00. The highest BCUT2D eigenvalue weighted by Crippen LogP contribution is 2.18. The minimum atomic E-state index is 0. The first-order valence-corrected chi connectivity index (χ1v) is 7.38. The Kier molecular flexibility index (Phi) is 9.08. The van der Waals surface area contributed by atoms with Crippen molar-refractivity contribution in [3.63, 3.8) is 0 Å². The largest absolute Gasteiger partial charge is 0.475 e. The zero-order chi connectivity index (χ0) is 14.9. The van der Waals surface area contributed by atoms with E-state index >= 15 is 0 Å². The van der Waals surface area contributed by atoms with Crippen LogP contribution in [-0.4, -0.2) is 25.3 Å². The van der Waals surface area contributed by atoms with Gasteiger partial charge in [0, 0.05) is 19.4 Å². The number of halogens is 1. The lowest BCUT2D eigenvalue weighted by Gasteiger charge is -2.07. The molecule has 0 aliphatic heterocycles. The second-order valence-corrected chi connectivity index (χ2v) is 5.18. The predicted octanol–water partition coefficient (Wildman–Crippen LogP) is 4.49. The van der Waals surface area contributed by atoms with E-state index in [-0.39, 0.29) is 24.0 Å². The van der Waals surface area contributed by atoms with Crippen molar-refractivity contribution in [1.29, 1.82) is 0 Å². The maximum Gasteiger partial charge on any atom is 0.213 e. The lowest BCUT2D eigenvalue weighted by molar-refractivity contribution is 0.143. The summed E-state index contributed by atoms with van der Waals surface area (Å²) in [5, 5.41) is 0. The SMILES string of the molecule is COCCOc1cc(C/C=C\C2=CCCC(C)=C2)ccn1.I.